The van der Waals surface area contributed by atoms with Crippen LogP contribution in [0.1, 0.15) is 18.7 Å². The molecule has 0 aromatic heterocycles. The maximum Gasteiger partial charge on any atom is 0.345 e. The van der Waals surface area contributed by atoms with Crippen molar-refractivity contribution in [1.82, 2.24) is 0 Å². The Morgan fingerprint density at radius 3 is 2.40 bits per heavy atom. The molecule has 0 saturated carbocycles. The second kappa shape index (κ2) is 6.28. The highest BCUT2D eigenvalue weighted by Crippen LogP contribution is 2.26. The maximum absolute atomic E-state index is 13.8. The van der Waals surface area contributed by atoms with E-state index in [1.807, 2.05) is 0 Å². The zero-order chi connectivity index (χ0) is 14.5. The fraction of sp³-hybridized carbons (Fsp3) is 0.188. The van der Waals surface area contributed by atoms with E-state index in [2.05, 4.69) is 4.74 Å². The summed E-state index contributed by atoms with van der Waals surface area (Å²) in [5.74, 6) is -1.26. The Kier molecular flexibility index (Phi) is 4.45. The molecule has 0 fully saturated rings. The zero-order valence-corrected chi connectivity index (χ0v) is 11.0. The Morgan fingerprint density at radius 1 is 1.15 bits per heavy atom. The lowest BCUT2D eigenvalue weighted by atomic mass is 10.0. The lowest BCUT2D eigenvalue weighted by molar-refractivity contribution is -0.149. The first kappa shape index (κ1) is 14.2. The number of esters is 1. The molecule has 2 aromatic rings. The van der Waals surface area contributed by atoms with E-state index in [9.17, 15) is 13.6 Å². The number of hydrogen-bond acceptors (Lipinski definition) is 2. The fourth-order valence-electron chi connectivity index (χ4n) is 1.88. The molecule has 1 unspecified atom stereocenters. The van der Waals surface area contributed by atoms with E-state index in [0.717, 1.165) is 0 Å². The first-order chi connectivity index (χ1) is 9.63. The van der Waals surface area contributed by atoms with Crippen LogP contribution in [-0.2, 0) is 9.53 Å². The number of alkyl halides is 1. The molecule has 0 spiro atoms. The molecule has 0 bridgehead atoms. The molecule has 0 aliphatic carbocycles. The van der Waals surface area contributed by atoms with Gasteiger partial charge in [-0.25, -0.2) is 13.6 Å². The van der Waals surface area contributed by atoms with Crippen LogP contribution in [0.25, 0.3) is 11.1 Å². The van der Waals surface area contributed by atoms with E-state index in [0.29, 0.717) is 11.1 Å². The van der Waals surface area contributed by atoms with Gasteiger partial charge in [-0.05, 0) is 24.1 Å². The summed E-state index contributed by atoms with van der Waals surface area (Å²) in [4.78, 5) is 11.3. The van der Waals surface area contributed by atoms with Crippen LogP contribution in [0, 0.1) is 5.82 Å². The zero-order valence-electron chi connectivity index (χ0n) is 11.0. The largest absolute Gasteiger partial charge is 0.464 e. The van der Waals surface area contributed by atoms with Gasteiger partial charge in [0, 0.05) is 5.56 Å². The average molecular weight is 276 g/mol. The van der Waals surface area contributed by atoms with Gasteiger partial charge in [-0.2, -0.15) is 0 Å². The normalized spacial score (nSPS) is 11.9. The van der Waals surface area contributed by atoms with Gasteiger partial charge in [0.15, 0.2) is 0 Å². The van der Waals surface area contributed by atoms with Crippen LogP contribution in [0.3, 0.4) is 0 Å². The summed E-state index contributed by atoms with van der Waals surface area (Å²) in [7, 11) is 0. The van der Waals surface area contributed by atoms with Gasteiger partial charge in [0.25, 0.3) is 0 Å². The van der Waals surface area contributed by atoms with E-state index in [-0.39, 0.29) is 18.0 Å². The van der Waals surface area contributed by atoms with Crippen molar-refractivity contribution in [1.29, 1.82) is 0 Å². The standard InChI is InChI=1S/C16H14F2O2/c1-2-20-16(19)15(18)12-9-7-11(8-10-12)13-5-3-4-6-14(13)17/h3-10,15H,2H2,1H3. The molecule has 0 aliphatic heterocycles. The van der Waals surface area contributed by atoms with Gasteiger partial charge in [0.1, 0.15) is 5.82 Å². The molecule has 2 aromatic carbocycles. The lowest BCUT2D eigenvalue weighted by Crippen LogP contribution is -2.11. The third kappa shape index (κ3) is 3.02. The number of carbonyl (C=O) groups excluding carboxylic acids is 1. The monoisotopic (exact) mass is 276 g/mol. The summed E-state index contributed by atoms with van der Waals surface area (Å²) in [6.07, 6.45) is -1.82. The molecule has 0 aliphatic rings. The van der Waals surface area contributed by atoms with Crippen molar-refractivity contribution >= 4 is 5.97 Å². The van der Waals surface area contributed by atoms with Crippen molar-refractivity contribution < 1.29 is 18.3 Å². The summed E-state index contributed by atoms with van der Waals surface area (Å²) < 4.78 is 32.0. The van der Waals surface area contributed by atoms with Gasteiger partial charge in [-0.15, -0.1) is 0 Å². The molecule has 0 saturated heterocycles. The van der Waals surface area contributed by atoms with Gasteiger partial charge in [-0.1, -0.05) is 42.5 Å². The first-order valence-electron chi connectivity index (χ1n) is 6.29. The van der Waals surface area contributed by atoms with E-state index >= 15 is 0 Å². The number of benzene rings is 2. The van der Waals surface area contributed by atoms with E-state index in [1.54, 1.807) is 37.3 Å². The minimum Gasteiger partial charge on any atom is -0.464 e. The quantitative estimate of drug-likeness (QED) is 0.787. The second-order valence-corrected chi connectivity index (χ2v) is 4.22. The molecule has 0 amide bonds. The average Bonchev–Trinajstić information content (AvgIpc) is 2.47. The Hall–Kier alpha value is -2.23. The summed E-state index contributed by atoms with van der Waals surface area (Å²) >= 11 is 0. The van der Waals surface area contributed by atoms with E-state index in [1.165, 1.54) is 18.2 Å². The van der Waals surface area contributed by atoms with E-state index < -0.39 is 12.1 Å². The summed E-state index contributed by atoms with van der Waals surface area (Å²) in [5.41, 5.74) is 1.26. The van der Waals surface area contributed by atoms with Gasteiger partial charge in [0.05, 0.1) is 6.61 Å². The van der Waals surface area contributed by atoms with Gasteiger partial charge in [-0.3, -0.25) is 0 Å². The second-order valence-electron chi connectivity index (χ2n) is 4.22. The van der Waals surface area contributed by atoms with Gasteiger partial charge >= 0.3 is 5.97 Å². The van der Waals surface area contributed by atoms with Crippen LogP contribution in [0.15, 0.2) is 48.5 Å². The van der Waals surface area contributed by atoms with E-state index in [4.69, 9.17) is 0 Å². The number of halogens is 2. The van der Waals surface area contributed by atoms with Crippen LogP contribution in [0.4, 0.5) is 8.78 Å². The molecule has 20 heavy (non-hydrogen) atoms. The number of rotatable bonds is 4. The molecule has 2 nitrogen and oxygen atoms in total. The van der Waals surface area contributed by atoms with Crippen molar-refractivity contribution in [3.05, 3.63) is 59.9 Å². The predicted molar refractivity (Wildman–Crippen MR) is 72.3 cm³/mol. The highest BCUT2D eigenvalue weighted by molar-refractivity contribution is 5.77. The highest BCUT2D eigenvalue weighted by atomic mass is 19.1. The predicted octanol–water partition coefficient (Wildman–Crippen LogP) is 4.07. The molecule has 104 valence electrons. The molecular formula is C16H14F2O2. The molecule has 0 heterocycles. The van der Waals surface area contributed by atoms with Crippen LogP contribution >= 0.6 is 0 Å². The molecule has 2 rings (SSSR count). The lowest BCUT2D eigenvalue weighted by Gasteiger charge is -2.09. The SMILES string of the molecule is CCOC(=O)C(F)c1ccc(-c2ccccc2F)cc1. The van der Waals surface area contributed by atoms with Gasteiger partial charge < -0.3 is 4.74 Å². The van der Waals surface area contributed by atoms with Crippen LogP contribution < -0.4 is 0 Å². The first-order valence-corrected chi connectivity index (χ1v) is 6.29. The summed E-state index contributed by atoms with van der Waals surface area (Å²) in [6, 6.07) is 12.4. The summed E-state index contributed by atoms with van der Waals surface area (Å²) in [5, 5.41) is 0. The molecule has 0 N–H and O–H groups in total. The van der Waals surface area contributed by atoms with Crippen LogP contribution in [0.5, 0.6) is 0 Å². The smallest absolute Gasteiger partial charge is 0.345 e. The number of hydrogen-bond donors (Lipinski definition) is 0. The van der Waals surface area contributed by atoms with Crippen molar-refractivity contribution in [3.63, 3.8) is 0 Å². The summed E-state index contributed by atoms with van der Waals surface area (Å²) in [6.45, 7) is 1.75. The number of carbonyl (C=O) groups is 1. The Balaban J connectivity index is 2.23. The third-order valence-electron chi connectivity index (χ3n) is 2.88. The van der Waals surface area contributed by atoms with Crippen LogP contribution in [0.2, 0.25) is 0 Å². The maximum atomic E-state index is 13.8. The van der Waals surface area contributed by atoms with Crippen molar-refractivity contribution in [2.45, 2.75) is 13.1 Å². The Morgan fingerprint density at radius 2 is 1.80 bits per heavy atom. The third-order valence-corrected chi connectivity index (χ3v) is 2.88. The molecular weight excluding hydrogens is 262 g/mol. The Labute approximate surface area is 116 Å². The highest BCUT2D eigenvalue weighted by Gasteiger charge is 2.20. The minimum atomic E-state index is -1.82. The molecule has 4 heteroatoms. The topological polar surface area (TPSA) is 26.3 Å². The van der Waals surface area contributed by atoms with Crippen molar-refractivity contribution in [2.24, 2.45) is 0 Å². The fourth-order valence-corrected chi connectivity index (χ4v) is 1.88. The van der Waals surface area contributed by atoms with Crippen LogP contribution in [-0.4, -0.2) is 12.6 Å². The Bertz CT molecular complexity index is 594. The number of ether oxygens (including phenoxy) is 1. The van der Waals surface area contributed by atoms with Crippen molar-refractivity contribution in [3.8, 4) is 11.1 Å². The minimum absolute atomic E-state index is 0.132. The molecule has 1 atom stereocenters. The van der Waals surface area contributed by atoms with Gasteiger partial charge in [0.2, 0.25) is 6.17 Å². The van der Waals surface area contributed by atoms with Crippen molar-refractivity contribution in [2.75, 3.05) is 6.61 Å². The molecule has 0 radical (unpaired) electrons.